The van der Waals surface area contributed by atoms with Crippen LogP contribution in [0, 0.1) is 5.92 Å². The predicted molar refractivity (Wildman–Crippen MR) is 54.7 cm³/mol. The molecule has 0 fully saturated rings. The van der Waals surface area contributed by atoms with Crippen LogP contribution in [0.15, 0.2) is 12.0 Å². The first kappa shape index (κ1) is 11.9. The van der Waals surface area contributed by atoms with Gasteiger partial charge >= 0.3 is 5.97 Å². The molecule has 4 heteroatoms. The van der Waals surface area contributed by atoms with Gasteiger partial charge < -0.3 is 14.2 Å². The van der Waals surface area contributed by atoms with Crippen LogP contribution in [0.2, 0.25) is 0 Å². The molecule has 0 aromatic heterocycles. The highest BCUT2D eigenvalue weighted by Gasteiger charge is 2.24. The maximum Gasteiger partial charge on any atom is 0.305 e. The largest absolute Gasteiger partial charge is 0.466 e. The highest BCUT2D eigenvalue weighted by molar-refractivity contribution is 5.69. The molecule has 1 aliphatic heterocycles. The summed E-state index contributed by atoms with van der Waals surface area (Å²) in [5, 5.41) is 0. The molecule has 0 amide bonds. The minimum absolute atomic E-state index is 0.160. The summed E-state index contributed by atoms with van der Waals surface area (Å²) >= 11 is 0. The number of hydrogen-bond acceptors (Lipinski definition) is 4. The average molecular weight is 214 g/mol. The fraction of sp³-hybridized carbons (Fsp3) is 0.727. The Labute approximate surface area is 90.2 Å². The smallest absolute Gasteiger partial charge is 0.305 e. The van der Waals surface area contributed by atoms with Crippen molar-refractivity contribution in [2.75, 3.05) is 6.61 Å². The molecule has 0 saturated heterocycles. The van der Waals surface area contributed by atoms with E-state index in [0.29, 0.717) is 19.4 Å². The Bertz CT molecular complexity index is 247. The second-order valence-electron chi connectivity index (χ2n) is 3.67. The quantitative estimate of drug-likeness (QED) is 0.658. The van der Waals surface area contributed by atoms with E-state index in [2.05, 4.69) is 0 Å². The Kier molecular flexibility index (Phi) is 4.46. The molecule has 1 rings (SSSR count). The van der Waals surface area contributed by atoms with Crippen LogP contribution < -0.4 is 0 Å². The topological polar surface area (TPSA) is 44.8 Å². The lowest BCUT2D eigenvalue weighted by molar-refractivity contribution is -0.144. The zero-order valence-electron chi connectivity index (χ0n) is 9.49. The SMILES string of the molecule is CCOC(=O)CCC(C)C1OC=C(C)O1. The van der Waals surface area contributed by atoms with Crippen LogP contribution in [0.25, 0.3) is 0 Å². The normalized spacial score (nSPS) is 21.3. The van der Waals surface area contributed by atoms with Crippen molar-refractivity contribution in [2.24, 2.45) is 5.92 Å². The first-order valence-corrected chi connectivity index (χ1v) is 5.28. The van der Waals surface area contributed by atoms with Crippen LogP contribution in [0.4, 0.5) is 0 Å². The van der Waals surface area contributed by atoms with Crippen molar-refractivity contribution >= 4 is 5.97 Å². The molecule has 0 radical (unpaired) electrons. The molecular weight excluding hydrogens is 196 g/mol. The number of carbonyl (C=O) groups is 1. The summed E-state index contributed by atoms with van der Waals surface area (Å²) in [5.74, 6) is 0.804. The summed E-state index contributed by atoms with van der Waals surface area (Å²) in [6.45, 7) is 6.08. The van der Waals surface area contributed by atoms with Crippen LogP contribution in [-0.2, 0) is 19.0 Å². The van der Waals surface area contributed by atoms with Gasteiger partial charge in [-0.3, -0.25) is 4.79 Å². The van der Waals surface area contributed by atoms with Crippen molar-refractivity contribution < 1.29 is 19.0 Å². The van der Waals surface area contributed by atoms with Crippen LogP contribution >= 0.6 is 0 Å². The van der Waals surface area contributed by atoms with Crippen molar-refractivity contribution in [3.8, 4) is 0 Å². The van der Waals surface area contributed by atoms with E-state index in [1.807, 2.05) is 13.8 Å². The zero-order chi connectivity index (χ0) is 11.3. The van der Waals surface area contributed by atoms with Gasteiger partial charge in [0.15, 0.2) is 0 Å². The molecule has 0 bridgehead atoms. The first-order valence-electron chi connectivity index (χ1n) is 5.28. The molecule has 2 unspecified atom stereocenters. The van der Waals surface area contributed by atoms with Gasteiger partial charge in [-0.05, 0) is 20.3 Å². The summed E-state index contributed by atoms with van der Waals surface area (Å²) in [6, 6.07) is 0. The fourth-order valence-electron chi connectivity index (χ4n) is 1.37. The van der Waals surface area contributed by atoms with Gasteiger partial charge in [-0.25, -0.2) is 0 Å². The molecule has 0 spiro atoms. The number of rotatable bonds is 5. The second kappa shape index (κ2) is 5.63. The lowest BCUT2D eigenvalue weighted by atomic mass is 10.1. The third-order valence-electron chi connectivity index (χ3n) is 2.24. The average Bonchev–Trinajstić information content (AvgIpc) is 2.62. The molecule has 0 aliphatic carbocycles. The fourth-order valence-corrected chi connectivity index (χ4v) is 1.37. The van der Waals surface area contributed by atoms with Gasteiger partial charge in [-0.1, -0.05) is 6.92 Å². The van der Waals surface area contributed by atoms with Gasteiger partial charge in [0.1, 0.15) is 12.0 Å². The van der Waals surface area contributed by atoms with E-state index >= 15 is 0 Å². The number of allylic oxidation sites excluding steroid dienone is 1. The van der Waals surface area contributed by atoms with E-state index < -0.39 is 0 Å². The summed E-state index contributed by atoms with van der Waals surface area (Å²) in [5.41, 5.74) is 0. The van der Waals surface area contributed by atoms with E-state index in [9.17, 15) is 4.79 Å². The predicted octanol–water partition coefficient (Wildman–Crippen LogP) is 2.20. The number of ether oxygens (including phenoxy) is 3. The summed E-state index contributed by atoms with van der Waals surface area (Å²) < 4.78 is 15.5. The minimum Gasteiger partial charge on any atom is -0.466 e. The third kappa shape index (κ3) is 3.81. The third-order valence-corrected chi connectivity index (χ3v) is 2.24. The van der Waals surface area contributed by atoms with E-state index in [1.54, 1.807) is 13.2 Å². The van der Waals surface area contributed by atoms with Gasteiger partial charge in [0.2, 0.25) is 6.29 Å². The molecule has 15 heavy (non-hydrogen) atoms. The molecule has 0 aromatic carbocycles. The summed E-state index contributed by atoms with van der Waals surface area (Å²) in [4.78, 5) is 11.1. The molecule has 0 saturated carbocycles. The van der Waals surface area contributed by atoms with Gasteiger partial charge in [0.05, 0.1) is 6.61 Å². The molecular formula is C11H18O4. The molecule has 1 aliphatic rings. The van der Waals surface area contributed by atoms with E-state index in [0.717, 1.165) is 5.76 Å². The Hall–Kier alpha value is -1.19. The molecule has 2 atom stereocenters. The Morgan fingerprint density at radius 1 is 1.67 bits per heavy atom. The van der Waals surface area contributed by atoms with Gasteiger partial charge in [-0.2, -0.15) is 0 Å². The monoisotopic (exact) mass is 214 g/mol. The van der Waals surface area contributed by atoms with Crippen molar-refractivity contribution in [2.45, 2.75) is 39.9 Å². The second-order valence-corrected chi connectivity index (χ2v) is 3.67. The van der Waals surface area contributed by atoms with Crippen molar-refractivity contribution in [1.29, 1.82) is 0 Å². The van der Waals surface area contributed by atoms with E-state index in [4.69, 9.17) is 14.2 Å². The number of esters is 1. The maximum atomic E-state index is 11.1. The van der Waals surface area contributed by atoms with Crippen LogP contribution in [-0.4, -0.2) is 18.9 Å². The Morgan fingerprint density at radius 3 is 2.93 bits per heavy atom. The van der Waals surface area contributed by atoms with E-state index in [-0.39, 0.29) is 18.2 Å². The standard InChI is InChI=1S/C11H18O4/c1-4-13-10(12)6-5-8(2)11-14-7-9(3)15-11/h7-8,11H,4-6H2,1-3H3. The highest BCUT2D eigenvalue weighted by atomic mass is 16.7. The lowest BCUT2D eigenvalue weighted by Gasteiger charge is -2.18. The minimum atomic E-state index is -0.251. The van der Waals surface area contributed by atoms with Crippen molar-refractivity contribution in [3.63, 3.8) is 0 Å². The number of carbonyl (C=O) groups excluding carboxylic acids is 1. The maximum absolute atomic E-state index is 11.1. The highest BCUT2D eigenvalue weighted by Crippen LogP contribution is 2.23. The molecule has 0 N–H and O–H groups in total. The van der Waals surface area contributed by atoms with Crippen molar-refractivity contribution in [1.82, 2.24) is 0 Å². The molecule has 1 heterocycles. The van der Waals surface area contributed by atoms with Crippen molar-refractivity contribution in [3.05, 3.63) is 12.0 Å². The van der Waals surface area contributed by atoms with E-state index in [1.165, 1.54) is 0 Å². The van der Waals surface area contributed by atoms with Gasteiger partial charge in [-0.15, -0.1) is 0 Å². The van der Waals surface area contributed by atoms with Crippen LogP contribution in [0.3, 0.4) is 0 Å². The van der Waals surface area contributed by atoms with Crippen LogP contribution in [0.5, 0.6) is 0 Å². The molecule has 86 valence electrons. The zero-order valence-corrected chi connectivity index (χ0v) is 9.49. The lowest BCUT2D eigenvalue weighted by Crippen LogP contribution is -2.20. The Morgan fingerprint density at radius 2 is 2.40 bits per heavy atom. The summed E-state index contributed by atoms with van der Waals surface area (Å²) in [7, 11) is 0. The molecule has 0 aromatic rings. The van der Waals surface area contributed by atoms with Gasteiger partial charge in [0.25, 0.3) is 0 Å². The number of hydrogen-bond donors (Lipinski definition) is 0. The van der Waals surface area contributed by atoms with Gasteiger partial charge in [0, 0.05) is 12.3 Å². The Balaban J connectivity index is 2.19. The van der Waals surface area contributed by atoms with Crippen LogP contribution in [0.1, 0.15) is 33.6 Å². The summed E-state index contributed by atoms with van der Waals surface area (Å²) in [6.07, 6.45) is 2.48. The first-order chi connectivity index (χ1) is 7.13. The molecule has 4 nitrogen and oxygen atoms in total.